The van der Waals surface area contributed by atoms with Crippen LogP contribution < -0.4 is 9.64 Å². The van der Waals surface area contributed by atoms with Crippen molar-refractivity contribution in [2.45, 2.75) is 13.5 Å². The monoisotopic (exact) mass is 323 g/mol. The molecule has 0 N–H and O–H groups in total. The lowest BCUT2D eigenvalue weighted by molar-refractivity contribution is -0.384. The first-order valence-corrected chi connectivity index (χ1v) is 6.34. The van der Waals surface area contributed by atoms with Crippen LogP contribution in [0.5, 0.6) is 5.75 Å². The largest absolute Gasteiger partial charge is 0.435 e. The van der Waals surface area contributed by atoms with Gasteiger partial charge in [0.05, 0.1) is 16.7 Å². The number of carbonyl (C=O) groups is 1. The lowest BCUT2D eigenvalue weighted by atomic mass is 10.2. The van der Waals surface area contributed by atoms with E-state index >= 15 is 0 Å². The molecule has 0 aliphatic rings. The fourth-order valence-corrected chi connectivity index (χ4v) is 1.90. The van der Waals surface area contributed by atoms with Crippen molar-refractivity contribution in [1.82, 2.24) is 4.98 Å². The molecule has 1 aromatic carbocycles. The Morgan fingerprint density at radius 3 is 2.48 bits per heavy atom. The van der Waals surface area contributed by atoms with E-state index in [0.29, 0.717) is 5.69 Å². The standard InChI is InChI=1S/C14H11F2N3O4/c1-9(20)18(13-8-11(19(21)22)6-7-17-13)10-2-4-12(5-3-10)23-14(15)16/h2-8,14H,1H3. The number of halogens is 2. The van der Waals surface area contributed by atoms with Crippen molar-refractivity contribution in [1.29, 1.82) is 0 Å². The maximum atomic E-state index is 12.1. The van der Waals surface area contributed by atoms with E-state index in [9.17, 15) is 23.7 Å². The van der Waals surface area contributed by atoms with Crippen LogP contribution in [-0.4, -0.2) is 22.4 Å². The second-order valence-electron chi connectivity index (χ2n) is 4.36. The van der Waals surface area contributed by atoms with Crippen LogP contribution in [0.3, 0.4) is 0 Å². The molecule has 1 aromatic heterocycles. The zero-order chi connectivity index (χ0) is 17.0. The second-order valence-corrected chi connectivity index (χ2v) is 4.36. The highest BCUT2D eigenvalue weighted by molar-refractivity contribution is 5.98. The van der Waals surface area contributed by atoms with Gasteiger partial charge in [0.2, 0.25) is 5.91 Å². The molecule has 0 bridgehead atoms. The molecule has 0 saturated heterocycles. The van der Waals surface area contributed by atoms with Crippen molar-refractivity contribution in [3.05, 3.63) is 52.7 Å². The third-order valence-electron chi connectivity index (χ3n) is 2.80. The number of rotatable bonds is 5. The zero-order valence-electron chi connectivity index (χ0n) is 11.8. The van der Waals surface area contributed by atoms with E-state index in [0.717, 1.165) is 11.0 Å². The van der Waals surface area contributed by atoms with Gasteiger partial charge in [-0.25, -0.2) is 4.98 Å². The molecule has 2 rings (SSSR count). The number of pyridine rings is 1. The van der Waals surface area contributed by atoms with E-state index in [1.165, 1.54) is 43.5 Å². The maximum Gasteiger partial charge on any atom is 0.387 e. The van der Waals surface area contributed by atoms with Crippen molar-refractivity contribution >= 4 is 23.1 Å². The molecule has 0 atom stereocenters. The number of nitrogens with zero attached hydrogens (tertiary/aromatic N) is 3. The predicted molar refractivity (Wildman–Crippen MR) is 76.8 cm³/mol. The van der Waals surface area contributed by atoms with Gasteiger partial charge in [0.1, 0.15) is 11.6 Å². The molecule has 0 fully saturated rings. The van der Waals surface area contributed by atoms with Crippen LogP contribution >= 0.6 is 0 Å². The number of hydrogen-bond acceptors (Lipinski definition) is 5. The van der Waals surface area contributed by atoms with E-state index < -0.39 is 17.4 Å². The van der Waals surface area contributed by atoms with Crippen LogP contribution in [0.25, 0.3) is 0 Å². The van der Waals surface area contributed by atoms with E-state index in [-0.39, 0.29) is 17.3 Å². The average Bonchev–Trinajstić information content (AvgIpc) is 2.48. The van der Waals surface area contributed by atoms with Crippen molar-refractivity contribution in [3.63, 3.8) is 0 Å². The quantitative estimate of drug-likeness (QED) is 0.622. The Morgan fingerprint density at radius 2 is 1.96 bits per heavy atom. The van der Waals surface area contributed by atoms with Gasteiger partial charge in [0.15, 0.2) is 0 Å². The summed E-state index contributed by atoms with van der Waals surface area (Å²) in [5.41, 5.74) is 0.0889. The molecule has 1 heterocycles. The molecule has 0 radical (unpaired) electrons. The van der Waals surface area contributed by atoms with Crippen molar-refractivity contribution in [2.24, 2.45) is 0 Å². The first-order chi connectivity index (χ1) is 10.9. The van der Waals surface area contributed by atoms with Crippen LogP contribution in [0.2, 0.25) is 0 Å². The summed E-state index contributed by atoms with van der Waals surface area (Å²) in [6, 6.07) is 7.61. The summed E-state index contributed by atoms with van der Waals surface area (Å²) in [6.45, 7) is -1.70. The summed E-state index contributed by atoms with van der Waals surface area (Å²) in [4.78, 5) is 27.1. The lowest BCUT2D eigenvalue weighted by Gasteiger charge is -2.20. The SMILES string of the molecule is CC(=O)N(c1ccc(OC(F)F)cc1)c1cc([N+](=O)[O-])ccn1. The summed E-state index contributed by atoms with van der Waals surface area (Å²) < 4.78 is 28.5. The van der Waals surface area contributed by atoms with Crippen LogP contribution in [-0.2, 0) is 4.79 Å². The number of benzene rings is 1. The summed E-state index contributed by atoms with van der Waals surface area (Å²) in [7, 11) is 0. The molecule has 0 aliphatic carbocycles. The number of ether oxygens (including phenoxy) is 1. The second kappa shape index (κ2) is 6.77. The molecule has 7 nitrogen and oxygen atoms in total. The van der Waals surface area contributed by atoms with Gasteiger partial charge in [0.25, 0.3) is 5.69 Å². The van der Waals surface area contributed by atoms with Gasteiger partial charge in [-0.05, 0) is 24.3 Å². The molecule has 2 aromatic rings. The number of aromatic nitrogens is 1. The molecule has 0 aliphatic heterocycles. The summed E-state index contributed by atoms with van der Waals surface area (Å²) in [6.07, 6.45) is 1.21. The van der Waals surface area contributed by atoms with Gasteiger partial charge in [-0.2, -0.15) is 8.78 Å². The highest BCUT2D eigenvalue weighted by Crippen LogP contribution is 2.28. The van der Waals surface area contributed by atoms with Crippen LogP contribution in [0, 0.1) is 10.1 Å². The first-order valence-electron chi connectivity index (χ1n) is 6.34. The predicted octanol–water partition coefficient (Wildman–Crippen LogP) is 3.28. The van der Waals surface area contributed by atoms with Gasteiger partial charge in [0, 0.05) is 19.2 Å². The highest BCUT2D eigenvalue weighted by Gasteiger charge is 2.18. The summed E-state index contributed by atoms with van der Waals surface area (Å²) in [5, 5.41) is 10.8. The van der Waals surface area contributed by atoms with Gasteiger partial charge >= 0.3 is 6.61 Å². The van der Waals surface area contributed by atoms with E-state index in [1.807, 2.05) is 0 Å². The molecule has 120 valence electrons. The minimum atomic E-state index is -2.96. The topological polar surface area (TPSA) is 85.6 Å². The Bertz CT molecular complexity index is 722. The number of anilines is 2. The molecule has 0 spiro atoms. The Morgan fingerprint density at radius 1 is 1.30 bits per heavy atom. The molecular weight excluding hydrogens is 312 g/mol. The van der Waals surface area contributed by atoms with Gasteiger partial charge < -0.3 is 4.74 Å². The molecule has 0 saturated carbocycles. The maximum absolute atomic E-state index is 12.1. The van der Waals surface area contributed by atoms with Gasteiger partial charge in [-0.1, -0.05) is 0 Å². The number of amides is 1. The first kappa shape index (κ1) is 16.3. The minimum absolute atomic E-state index is 0.0502. The summed E-state index contributed by atoms with van der Waals surface area (Å²) >= 11 is 0. The smallest absolute Gasteiger partial charge is 0.387 e. The highest BCUT2D eigenvalue weighted by atomic mass is 19.3. The normalized spacial score (nSPS) is 10.4. The van der Waals surface area contributed by atoms with E-state index in [2.05, 4.69) is 9.72 Å². The van der Waals surface area contributed by atoms with Gasteiger partial charge in [-0.15, -0.1) is 0 Å². The third-order valence-corrected chi connectivity index (χ3v) is 2.80. The Kier molecular flexibility index (Phi) is 4.79. The molecular formula is C14H11F2N3O4. The lowest BCUT2D eigenvalue weighted by Crippen LogP contribution is -2.23. The van der Waals surface area contributed by atoms with Crippen LogP contribution in [0.1, 0.15) is 6.92 Å². The molecule has 23 heavy (non-hydrogen) atoms. The van der Waals surface area contributed by atoms with Gasteiger partial charge in [-0.3, -0.25) is 19.8 Å². The van der Waals surface area contributed by atoms with E-state index in [1.54, 1.807) is 0 Å². The number of nitro groups is 1. The number of alkyl halides is 2. The zero-order valence-corrected chi connectivity index (χ0v) is 11.8. The van der Waals surface area contributed by atoms with E-state index in [4.69, 9.17) is 0 Å². The van der Waals surface area contributed by atoms with Crippen LogP contribution in [0.15, 0.2) is 42.6 Å². The third kappa shape index (κ3) is 3.96. The minimum Gasteiger partial charge on any atom is -0.435 e. The fourth-order valence-electron chi connectivity index (χ4n) is 1.90. The van der Waals surface area contributed by atoms with Crippen molar-refractivity contribution in [3.8, 4) is 5.75 Å². The Labute approximate surface area is 129 Å². The van der Waals surface area contributed by atoms with Crippen molar-refractivity contribution in [2.75, 3.05) is 4.90 Å². The molecule has 9 heteroatoms. The number of hydrogen-bond donors (Lipinski definition) is 0. The Balaban J connectivity index is 2.37. The summed E-state index contributed by atoms with van der Waals surface area (Å²) in [5.74, 6) is -0.464. The molecule has 1 amide bonds. The van der Waals surface area contributed by atoms with Crippen molar-refractivity contribution < 1.29 is 23.2 Å². The fraction of sp³-hybridized carbons (Fsp3) is 0.143. The Hall–Kier alpha value is -3.10. The molecule has 0 unspecified atom stereocenters. The average molecular weight is 323 g/mol. The van der Waals surface area contributed by atoms with Crippen LogP contribution in [0.4, 0.5) is 26.0 Å². The number of carbonyl (C=O) groups excluding carboxylic acids is 1.